The Balaban J connectivity index is 0.00000144. The number of amides is 1. The van der Waals surface area contributed by atoms with Crippen LogP contribution in [-0.2, 0) is 4.79 Å². The van der Waals surface area contributed by atoms with Crippen LogP contribution in [-0.4, -0.2) is 19.0 Å². The minimum Gasteiger partial charge on any atom is -0.355 e. The van der Waals surface area contributed by atoms with Gasteiger partial charge in [-0.1, -0.05) is 19.3 Å². The molecule has 0 aliphatic heterocycles. The van der Waals surface area contributed by atoms with Crippen LogP contribution in [0.1, 0.15) is 32.1 Å². The van der Waals surface area contributed by atoms with Crippen molar-refractivity contribution in [2.75, 3.05) is 13.1 Å². The molecule has 1 aliphatic rings. The van der Waals surface area contributed by atoms with Gasteiger partial charge in [0.15, 0.2) is 0 Å². The summed E-state index contributed by atoms with van der Waals surface area (Å²) in [4.78, 5) is 11.4. The number of hydrogen-bond donors (Lipinski definition) is 2. The minimum atomic E-state index is 0. The summed E-state index contributed by atoms with van der Waals surface area (Å²) in [7, 11) is 0. The lowest BCUT2D eigenvalue weighted by atomic mass is 9.89. The van der Waals surface area contributed by atoms with Crippen LogP contribution in [0.4, 0.5) is 0 Å². The lowest BCUT2D eigenvalue weighted by molar-refractivity contribution is -0.125. The van der Waals surface area contributed by atoms with E-state index in [9.17, 15) is 4.79 Å². The number of rotatable bonds is 3. The number of carbonyl (C=O) groups excluding carboxylic acids is 1. The molecule has 0 atom stereocenters. The Bertz CT molecular complexity index is 147. The molecular formula is C9H19ClN2O. The molecule has 78 valence electrons. The number of halogens is 1. The fourth-order valence-electron chi connectivity index (χ4n) is 1.70. The van der Waals surface area contributed by atoms with E-state index >= 15 is 0 Å². The Morgan fingerprint density at radius 3 is 2.46 bits per heavy atom. The fraction of sp³-hybridized carbons (Fsp3) is 0.889. The topological polar surface area (TPSA) is 55.1 Å². The second-order valence-electron chi connectivity index (χ2n) is 3.41. The van der Waals surface area contributed by atoms with Crippen molar-refractivity contribution < 1.29 is 4.79 Å². The average molecular weight is 207 g/mol. The van der Waals surface area contributed by atoms with Gasteiger partial charge < -0.3 is 11.1 Å². The first-order chi connectivity index (χ1) is 5.84. The van der Waals surface area contributed by atoms with E-state index in [0.717, 1.165) is 12.8 Å². The van der Waals surface area contributed by atoms with Crippen LogP contribution < -0.4 is 11.1 Å². The van der Waals surface area contributed by atoms with Crippen molar-refractivity contribution in [3.05, 3.63) is 0 Å². The molecule has 0 aromatic rings. The van der Waals surface area contributed by atoms with E-state index < -0.39 is 0 Å². The van der Waals surface area contributed by atoms with Crippen molar-refractivity contribution >= 4 is 18.3 Å². The van der Waals surface area contributed by atoms with Crippen molar-refractivity contribution in [2.24, 2.45) is 11.7 Å². The summed E-state index contributed by atoms with van der Waals surface area (Å²) in [5, 5.41) is 2.84. The van der Waals surface area contributed by atoms with Gasteiger partial charge in [-0.2, -0.15) is 0 Å². The largest absolute Gasteiger partial charge is 0.355 e. The number of nitrogens with two attached hydrogens (primary N) is 1. The molecule has 0 heterocycles. The first-order valence-electron chi connectivity index (χ1n) is 4.82. The van der Waals surface area contributed by atoms with Crippen molar-refractivity contribution in [1.29, 1.82) is 0 Å². The molecule has 3 nitrogen and oxygen atoms in total. The molecule has 1 fully saturated rings. The van der Waals surface area contributed by atoms with Gasteiger partial charge in [-0.15, -0.1) is 12.4 Å². The van der Waals surface area contributed by atoms with E-state index in [1.165, 1.54) is 19.3 Å². The van der Waals surface area contributed by atoms with Gasteiger partial charge in [-0.25, -0.2) is 0 Å². The van der Waals surface area contributed by atoms with Crippen LogP contribution in [0.3, 0.4) is 0 Å². The van der Waals surface area contributed by atoms with Crippen LogP contribution in [0.25, 0.3) is 0 Å². The van der Waals surface area contributed by atoms with Crippen molar-refractivity contribution in [2.45, 2.75) is 32.1 Å². The van der Waals surface area contributed by atoms with E-state index in [4.69, 9.17) is 5.73 Å². The monoisotopic (exact) mass is 206 g/mol. The first-order valence-corrected chi connectivity index (χ1v) is 4.82. The Kier molecular flexibility index (Phi) is 7.00. The molecule has 1 rings (SSSR count). The fourth-order valence-corrected chi connectivity index (χ4v) is 1.70. The van der Waals surface area contributed by atoms with Crippen LogP contribution in [0, 0.1) is 5.92 Å². The van der Waals surface area contributed by atoms with E-state index in [-0.39, 0.29) is 24.2 Å². The molecule has 1 saturated carbocycles. The highest BCUT2D eigenvalue weighted by molar-refractivity contribution is 5.85. The molecule has 13 heavy (non-hydrogen) atoms. The van der Waals surface area contributed by atoms with Gasteiger partial charge in [0, 0.05) is 19.0 Å². The maximum atomic E-state index is 11.4. The standard InChI is InChI=1S/C9H18N2O.ClH/c10-6-7-11-9(12)8-4-2-1-3-5-8;/h8H,1-7,10H2,(H,11,12);1H. The van der Waals surface area contributed by atoms with Crippen molar-refractivity contribution in [3.63, 3.8) is 0 Å². The normalized spacial score (nSPS) is 17.6. The summed E-state index contributed by atoms with van der Waals surface area (Å²) in [5.74, 6) is 0.477. The zero-order chi connectivity index (χ0) is 8.81. The highest BCUT2D eigenvalue weighted by Crippen LogP contribution is 2.23. The Labute approximate surface area is 85.9 Å². The molecule has 0 aromatic carbocycles. The summed E-state index contributed by atoms with van der Waals surface area (Å²) in [5.41, 5.74) is 5.29. The molecule has 4 heteroatoms. The second-order valence-corrected chi connectivity index (χ2v) is 3.41. The summed E-state index contributed by atoms with van der Waals surface area (Å²) in [6.45, 7) is 1.16. The smallest absolute Gasteiger partial charge is 0.223 e. The Morgan fingerprint density at radius 2 is 1.92 bits per heavy atom. The third kappa shape index (κ3) is 4.48. The summed E-state index contributed by atoms with van der Waals surface area (Å²) in [6, 6.07) is 0. The van der Waals surface area contributed by atoms with Crippen LogP contribution >= 0.6 is 12.4 Å². The lowest BCUT2D eigenvalue weighted by Crippen LogP contribution is -2.35. The molecule has 3 N–H and O–H groups in total. The first kappa shape index (κ1) is 12.7. The highest BCUT2D eigenvalue weighted by atomic mass is 35.5. The van der Waals surface area contributed by atoms with Gasteiger partial charge in [-0.3, -0.25) is 4.79 Å². The third-order valence-electron chi connectivity index (χ3n) is 2.42. The van der Waals surface area contributed by atoms with E-state index in [1.807, 2.05) is 0 Å². The van der Waals surface area contributed by atoms with Crippen LogP contribution in [0.15, 0.2) is 0 Å². The summed E-state index contributed by atoms with van der Waals surface area (Å²) >= 11 is 0. The predicted octanol–water partition coefficient (Wildman–Crippen LogP) is 1.06. The molecule has 0 radical (unpaired) electrons. The lowest BCUT2D eigenvalue weighted by Gasteiger charge is -2.20. The van der Waals surface area contributed by atoms with Gasteiger partial charge in [0.2, 0.25) is 5.91 Å². The Morgan fingerprint density at radius 1 is 1.31 bits per heavy atom. The van der Waals surface area contributed by atoms with E-state index in [1.54, 1.807) is 0 Å². The quantitative estimate of drug-likeness (QED) is 0.726. The second kappa shape index (κ2) is 7.15. The number of carbonyl (C=O) groups is 1. The third-order valence-corrected chi connectivity index (χ3v) is 2.42. The van der Waals surface area contributed by atoms with Gasteiger partial charge >= 0.3 is 0 Å². The van der Waals surface area contributed by atoms with E-state index in [0.29, 0.717) is 13.1 Å². The molecule has 1 amide bonds. The van der Waals surface area contributed by atoms with Crippen LogP contribution in [0.2, 0.25) is 0 Å². The maximum Gasteiger partial charge on any atom is 0.223 e. The highest BCUT2D eigenvalue weighted by Gasteiger charge is 2.19. The molecule has 0 bridgehead atoms. The van der Waals surface area contributed by atoms with Gasteiger partial charge in [0.25, 0.3) is 0 Å². The molecule has 0 saturated heterocycles. The average Bonchev–Trinajstić information content (AvgIpc) is 2.15. The van der Waals surface area contributed by atoms with Crippen molar-refractivity contribution in [1.82, 2.24) is 5.32 Å². The SMILES string of the molecule is Cl.NCCNC(=O)C1CCCCC1. The van der Waals surface area contributed by atoms with Crippen molar-refractivity contribution in [3.8, 4) is 0 Å². The van der Waals surface area contributed by atoms with Crippen LogP contribution in [0.5, 0.6) is 0 Å². The van der Waals surface area contributed by atoms with Gasteiger partial charge in [0.1, 0.15) is 0 Å². The van der Waals surface area contributed by atoms with E-state index in [2.05, 4.69) is 5.32 Å². The Hall–Kier alpha value is -0.280. The molecule has 0 unspecified atom stereocenters. The molecule has 0 spiro atoms. The van der Waals surface area contributed by atoms with Gasteiger partial charge in [0.05, 0.1) is 0 Å². The molecular weight excluding hydrogens is 188 g/mol. The molecule has 1 aliphatic carbocycles. The zero-order valence-electron chi connectivity index (χ0n) is 7.92. The number of nitrogens with one attached hydrogen (secondary N) is 1. The summed E-state index contributed by atoms with van der Waals surface area (Å²) < 4.78 is 0. The summed E-state index contributed by atoms with van der Waals surface area (Å²) in [6.07, 6.45) is 5.84. The predicted molar refractivity (Wildman–Crippen MR) is 55.9 cm³/mol. The zero-order valence-corrected chi connectivity index (χ0v) is 8.74. The minimum absolute atomic E-state index is 0. The number of hydrogen-bond acceptors (Lipinski definition) is 2. The van der Waals surface area contributed by atoms with Gasteiger partial charge in [-0.05, 0) is 12.8 Å². The molecule has 0 aromatic heterocycles. The maximum absolute atomic E-state index is 11.4.